The Kier molecular flexibility index (Phi) is 5.92. The van der Waals surface area contributed by atoms with Crippen molar-refractivity contribution in [3.8, 4) is 23.3 Å². The maximum Gasteiger partial charge on any atom is 0.174 e. The van der Waals surface area contributed by atoms with Crippen LogP contribution in [-0.4, -0.2) is 16.5 Å². The summed E-state index contributed by atoms with van der Waals surface area (Å²) in [5.41, 5.74) is 7.94. The first-order valence-electron chi connectivity index (χ1n) is 9.05. The Morgan fingerprint density at radius 3 is 2.65 bits per heavy atom. The normalized spacial score (nSPS) is 10.5. The van der Waals surface area contributed by atoms with Gasteiger partial charge >= 0.3 is 0 Å². The zero-order chi connectivity index (χ0) is 22.0. The first kappa shape index (κ1) is 20.9. The number of benzene rings is 2. The van der Waals surface area contributed by atoms with Gasteiger partial charge in [0.15, 0.2) is 5.78 Å². The van der Waals surface area contributed by atoms with Crippen LogP contribution in [0.25, 0.3) is 21.2 Å². The highest BCUT2D eigenvalue weighted by Gasteiger charge is 2.22. The molecule has 2 N–H and O–H groups in total. The molecule has 0 radical (unpaired) electrons. The number of pyridine rings is 1. The smallest absolute Gasteiger partial charge is 0.174 e. The van der Waals surface area contributed by atoms with E-state index in [1.54, 1.807) is 24.3 Å². The van der Waals surface area contributed by atoms with Crippen molar-refractivity contribution in [3.05, 3.63) is 75.6 Å². The van der Waals surface area contributed by atoms with E-state index in [2.05, 4.69) is 11.1 Å². The van der Waals surface area contributed by atoms with Crippen molar-refractivity contribution in [1.29, 1.82) is 10.5 Å². The van der Waals surface area contributed by atoms with E-state index in [1.165, 1.54) is 11.3 Å². The Morgan fingerprint density at radius 1 is 1.13 bits per heavy atom. The van der Waals surface area contributed by atoms with Crippen LogP contribution in [0, 0.1) is 22.7 Å². The van der Waals surface area contributed by atoms with Crippen molar-refractivity contribution >= 4 is 56.4 Å². The molecule has 4 rings (SSSR count). The van der Waals surface area contributed by atoms with Crippen LogP contribution >= 0.6 is 34.7 Å². The molecule has 0 aliphatic heterocycles. The molecule has 0 atom stereocenters. The molecule has 0 fully saturated rings. The summed E-state index contributed by atoms with van der Waals surface area (Å²) < 4.78 is 1.04. The van der Waals surface area contributed by atoms with Crippen LogP contribution < -0.4 is 5.73 Å². The van der Waals surface area contributed by atoms with Crippen molar-refractivity contribution in [2.45, 2.75) is 5.03 Å². The third-order valence-corrected chi connectivity index (χ3v) is 6.82. The molecule has 0 amide bonds. The number of hydrogen-bond acceptors (Lipinski definition) is 7. The maximum absolute atomic E-state index is 12.9. The van der Waals surface area contributed by atoms with E-state index in [0.717, 1.165) is 21.8 Å². The standard InChI is InChI=1S/C23H13ClN4OS2/c24-14-5-3-4-13(8-14)21-16(9-25)22(27)28-23(17(21)10-26)31-12-19(29)18-11-30-20-7-2-1-6-15(18)20/h1-8,11H,12H2,(H2,27,28). The van der Waals surface area contributed by atoms with E-state index >= 15 is 0 Å². The van der Waals surface area contributed by atoms with E-state index in [-0.39, 0.29) is 28.5 Å². The van der Waals surface area contributed by atoms with Gasteiger partial charge in [0.1, 0.15) is 28.5 Å². The minimum Gasteiger partial charge on any atom is -0.383 e. The van der Waals surface area contributed by atoms with Gasteiger partial charge in [-0.3, -0.25) is 4.79 Å². The van der Waals surface area contributed by atoms with Crippen LogP contribution in [0.3, 0.4) is 0 Å². The lowest BCUT2D eigenvalue weighted by Crippen LogP contribution is -2.06. The third-order valence-electron chi connectivity index (χ3n) is 4.65. The average Bonchev–Trinajstić information content (AvgIpc) is 3.21. The molecule has 2 aromatic carbocycles. The largest absolute Gasteiger partial charge is 0.383 e. The fraction of sp³-hybridized carbons (Fsp3) is 0.0435. The molecule has 0 saturated carbocycles. The molecule has 0 aliphatic rings. The zero-order valence-corrected chi connectivity index (χ0v) is 18.3. The molecule has 0 unspecified atom stereocenters. The van der Waals surface area contributed by atoms with Gasteiger partial charge in [-0.2, -0.15) is 10.5 Å². The summed E-state index contributed by atoms with van der Waals surface area (Å²) in [6, 6.07) is 18.7. The number of aromatic nitrogens is 1. The van der Waals surface area contributed by atoms with E-state index in [1.807, 2.05) is 35.7 Å². The second-order valence-corrected chi connectivity index (χ2v) is 8.83. The Balaban J connectivity index is 1.73. The van der Waals surface area contributed by atoms with Crippen molar-refractivity contribution in [2.24, 2.45) is 0 Å². The summed E-state index contributed by atoms with van der Waals surface area (Å²) >= 11 is 8.76. The summed E-state index contributed by atoms with van der Waals surface area (Å²) in [6.45, 7) is 0. The molecule has 5 nitrogen and oxygen atoms in total. The van der Waals surface area contributed by atoms with E-state index < -0.39 is 0 Å². The van der Waals surface area contributed by atoms with Gasteiger partial charge in [0.2, 0.25) is 0 Å². The number of nitriles is 2. The summed E-state index contributed by atoms with van der Waals surface area (Å²) in [5.74, 6) is 0.0238. The molecular weight excluding hydrogens is 448 g/mol. The van der Waals surface area contributed by atoms with Gasteiger partial charge in [0.05, 0.1) is 11.3 Å². The van der Waals surface area contributed by atoms with E-state index in [0.29, 0.717) is 26.7 Å². The second-order valence-electron chi connectivity index (χ2n) is 6.52. The number of thiophene rings is 1. The Morgan fingerprint density at radius 2 is 1.90 bits per heavy atom. The minimum absolute atomic E-state index is 0.00686. The molecule has 0 bridgehead atoms. The number of ketones is 1. The number of halogens is 1. The highest BCUT2D eigenvalue weighted by molar-refractivity contribution is 8.00. The number of nitrogens with zero attached hydrogens (tertiary/aromatic N) is 3. The summed E-state index contributed by atoms with van der Waals surface area (Å²) in [7, 11) is 0. The topological polar surface area (TPSA) is 104 Å². The van der Waals surface area contributed by atoms with Gasteiger partial charge in [0.25, 0.3) is 0 Å². The van der Waals surface area contributed by atoms with Crippen molar-refractivity contribution in [2.75, 3.05) is 11.5 Å². The number of thioether (sulfide) groups is 1. The second kappa shape index (κ2) is 8.79. The molecule has 2 aromatic heterocycles. The molecule has 31 heavy (non-hydrogen) atoms. The van der Waals surface area contributed by atoms with Crippen LogP contribution in [0.4, 0.5) is 5.82 Å². The maximum atomic E-state index is 12.9. The number of hydrogen-bond donors (Lipinski definition) is 1. The average molecular weight is 461 g/mol. The lowest BCUT2D eigenvalue weighted by Gasteiger charge is -2.13. The summed E-state index contributed by atoms with van der Waals surface area (Å²) in [4.78, 5) is 17.1. The fourth-order valence-electron chi connectivity index (χ4n) is 3.24. The Hall–Kier alpha value is -3.36. The first-order chi connectivity index (χ1) is 15.0. The SMILES string of the molecule is N#Cc1c(N)nc(SCC(=O)c2csc3ccccc23)c(C#N)c1-c1cccc(Cl)c1. The van der Waals surface area contributed by atoms with Crippen LogP contribution in [0.2, 0.25) is 5.02 Å². The monoisotopic (exact) mass is 460 g/mol. The van der Waals surface area contributed by atoms with Gasteiger partial charge in [-0.15, -0.1) is 11.3 Å². The molecule has 0 saturated heterocycles. The molecule has 2 heterocycles. The number of nitrogens with two attached hydrogens (primary N) is 1. The van der Waals surface area contributed by atoms with Gasteiger partial charge in [0, 0.05) is 31.6 Å². The first-order valence-corrected chi connectivity index (χ1v) is 11.3. The molecule has 0 spiro atoms. The fourth-order valence-corrected chi connectivity index (χ4v) is 5.27. The number of nitrogen functional groups attached to an aromatic ring is 1. The van der Waals surface area contributed by atoms with Gasteiger partial charge in [-0.1, -0.05) is 53.7 Å². The molecular formula is C23H13ClN4OS2. The van der Waals surface area contributed by atoms with E-state index in [4.69, 9.17) is 17.3 Å². The number of rotatable bonds is 5. The highest BCUT2D eigenvalue weighted by Crippen LogP contribution is 2.37. The lowest BCUT2D eigenvalue weighted by molar-refractivity contribution is 0.102. The molecule has 150 valence electrons. The number of Topliss-reactive ketones (excluding diaryl/α,β-unsaturated/α-hetero) is 1. The predicted molar refractivity (Wildman–Crippen MR) is 125 cm³/mol. The Bertz CT molecular complexity index is 1420. The van der Waals surface area contributed by atoms with Crippen LogP contribution in [0.15, 0.2) is 58.9 Å². The number of anilines is 1. The Labute approximate surface area is 191 Å². The van der Waals surface area contributed by atoms with Gasteiger partial charge in [-0.25, -0.2) is 4.98 Å². The molecule has 8 heteroatoms. The van der Waals surface area contributed by atoms with Crippen LogP contribution in [-0.2, 0) is 0 Å². The lowest BCUT2D eigenvalue weighted by atomic mass is 9.97. The molecule has 4 aromatic rings. The van der Waals surface area contributed by atoms with Crippen molar-refractivity contribution in [1.82, 2.24) is 4.98 Å². The minimum atomic E-state index is -0.0691. The number of carbonyl (C=O) groups is 1. The van der Waals surface area contributed by atoms with Gasteiger partial charge in [-0.05, 0) is 23.8 Å². The number of fused-ring (bicyclic) bond motifs is 1. The van der Waals surface area contributed by atoms with Crippen LogP contribution in [0.5, 0.6) is 0 Å². The van der Waals surface area contributed by atoms with Crippen molar-refractivity contribution in [3.63, 3.8) is 0 Å². The van der Waals surface area contributed by atoms with Crippen LogP contribution in [0.1, 0.15) is 21.5 Å². The van der Waals surface area contributed by atoms with Crippen molar-refractivity contribution < 1.29 is 4.79 Å². The predicted octanol–water partition coefficient (Wildman–Crippen LogP) is 5.92. The van der Waals surface area contributed by atoms with E-state index in [9.17, 15) is 15.3 Å². The third kappa shape index (κ3) is 3.99. The quantitative estimate of drug-likeness (QED) is 0.293. The zero-order valence-electron chi connectivity index (χ0n) is 15.9. The summed E-state index contributed by atoms with van der Waals surface area (Å²) in [6.07, 6.45) is 0. The number of carbonyl (C=O) groups excluding carboxylic acids is 1. The molecule has 0 aliphatic carbocycles. The van der Waals surface area contributed by atoms with Gasteiger partial charge < -0.3 is 5.73 Å². The summed E-state index contributed by atoms with van der Waals surface area (Å²) in [5, 5.41) is 23.0. The highest BCUT2D eigenvalue weighted by atomic mass is 35.5.